The van der Waals surface area contributed by atoms with Crippen molar-refractivity contribution in [1.82, 2.24) is 15.1 Å². The van der Waals surface area contributed by atoms with Gasteiger partial charge in [-0.2, -0.15) is 5.10 Å². The van der Waals surface area contributed by atoms with Crippen molar-refractivity contribution < 1.29 is 4.79 Å². The first kappa shape index (κ1) is 17.0. The van der Waals surface area contributed by atoms with Crippen LogP contribution in [0.1, 0.15) is 18.5 Å². The molecule has 1 N–H and O–H groups in total. The van der Waals surface area contributed by atoms with Crippen LogP contribution in [0.5, 0.6) is 0 Å². The van der Waals surface area contributed by atoms with Gasteiger partial charge in [0.25, 0.3) is 0 Å². The Labute approximate surface area is 158 Å². The van der Waals surface area contributed by atoms with E-state index in [4.69, 9.17) is 5.10 Å². The molecule has 27 heavy (non-hydrogen) atoms. The number of nitrogens with zero attached hydrogens (tertiary/aromatic N) is 2. The molecule has 0 radical (unpaired) electrons. The normalized spacial score (nSPS) is 12.0. The predicted molar refractivity (Wildman–Crippen MR) is 108 cm³/mol. The van der Waals surface area contributed by atoms with Crippen LogP contribution in [0.15, 0.2) is 84.9 Å². The Hall–Kier alpha value is -3.40. The summed E-state index contributed by atoms with van der Waals surface area (Å²) in [6.07, 6.45) is 0. The molecule has 1 amide bonds. The van der Waals surface area contributed by atoms with Gasteiger partial charge in [0.15, 0.2) is 0 Å². The molecule has 0 bridgehead atoms. The highest BCUT2D eigenvalue weighted by atomic mass is 16.2. The third kappa shape index (κ3) is 3.60. The molecule has 4 aromatic rings. The van der Waals surface area contributed by atoms with Crippen LogP contribution in [0.25, 0.3) is 22.2 Å². The molecule has 0 spiro atoms. The summed E-state index contributed by atoms with van der Waals surface area (Å²) in [4.78, 5) is 12.6. The maximum atomic E-state index is 12.6. The number of benzene rings is 3. The zero-order chi connectivity index (χ0) is 18.6. The third-order valence-electron chi connectivity index (χ3n) is 4.68. The first-order valence-electron chi connectivity index (χ1n) is 9.07. The van der Waals surface area contributed by atoms with Gasteiger partial charge in [-0.05, 0) is 18.6 Å². The summed E-state index contributed by atoms with van der Waals surface area (Å²) < 4.78 is 1.78. The van der Waals surface area contributed by atoms with Gasteiger partial charge in [0.1, 0.15) is 12.2 Å². The van der Waals surface area contributed by atoms with E-state index in [1.165, 1.54) is 0 Å². The second-order valence-electron chi connectivity index (χ2n) is 6.59. The molecule has 4 rings (SSSR count). The van der Waals surface area contributed by atoms with E-state index in [1.807, 2.05) is 91.9 Å². The average molecular weight is 355 g/mol. The van der Waals surface area contributed by atoms with E-state index < -0.39 is 0 Å². The maximum Gasteiger partial charge on any atom is 0.242 e. The summed E-state index contributed by atoms with van der Waals surface area (Å²) in [5.74, 6) is -0.0563. The van der Waals surface area contributed by atoms with Crippen LogP contribution in [-0.2, 0) is 11.3 Å². The Morgan fingerprint density at radius 1 is 0.926 bits per heavy atom. The highest BCUT2D eigenvalue weighted by molar-refractivity contribution is 5.94. The fourth-order valence-corrected chi connectivity index (χ4v) is 3.31. The molecule has 134 valence electrons. The van der Waals surface area contributed by atoms with Crippen molar-refractivity contribution >= 4 is 16.8 Å². The summed E-state index contributed by atoms with van der Waals surface area (Å²) in [7, 11) is 0. The lowest BCUT2D eigenvalue weighted by Gasteiger charge is -2.14. The van der Waals surface area contributed by atoms with Crippen molar-refractivity contribution in [2.75, 3.05) is 0 Å². The van der Waals surface area contributed by atoms with E-state index in [2.05, 4.69) is 5.32 Å². The van der Waals surface area contributed by atoms with Gasteiger partial charge in [-0.15, -0.1) is 0 Å². The lowest BCUT2D eigenvalue weighted by atomic mass is 10.1. The molecule has 1 heterocycles. The molecule has 0 fully saturated rings. The lowest BCUT2D eigenvalue weighted by Crippen LogP contribution is -2.30. The van der Waals surface area contributed by atoms with E-state index in [-0.39, 0.29) is 18.5 Å². The Balaban J connectivity index is 1.60. The predicted octanol–water partition coefficient (Wildman–Crippen LogP) is 4.58. The number of aromatic nitrogens is 2. The van der Waals surface area contributed by atoms with E-state index in [0.29, 0.717) is 0 Å². The van der Waals surface area contributed by atoms with E-state index in [1.54, 1.807) is 4.68 Å². The summed E-state index contributed by atoms with van der Waals surface area (Å²) >= 11 is 0. The first-order valence-corrected chi connectivity index (χ1v) is 9.07. The van der Waals surface area contributed by atoms with Gasteiger partial charge in [0, 0.05) is 10.9 Å². The quantitative estimate of drug-likeness (QED) is 0.569. The molecule has 1 aromatic heterocycles. The minimum absolute atomic E-state index is 0.0471. The number of nitrogens with one attached hydrogen (secondary N) is 1. The minimum Gasteiger partial charge on any atom is -0.348 e. The van der Waals surface area contributed by atoms with Crippen molar-refractivity contribution in [3.8, 4) is 11.3 Å². The van der Waals surface area contributed by atoms with Gasteiger partial charge in [-0.3, -0.25) is 9.48 Å². The SMILES string of the molecule is CC(NC(=O)Cn1nc(-c2ccccc2)c2ccccc21)c1ccccc1. The largest absolute Gasteiger partial charge is 0.348 e. The number of hydrogen-bond donors (Lipinski definition) is 1. The van der Waals surface area contributed by atoms with Crippen LogP contribution in [0.3, 0.4) is 0 Å². The van der Waals surface area contributed by atoms with Crippen molar-refractivity contribution in [2.24, 2.45) is 0 Å². The number of amides is 1. The van der Waals surface area contributed by atoms with Crippen LogP contribution in [0.2, 0.25) is 0 Å². The molecule has 4 heteroatoms. The minimum atomic E-state index is -0.0563. The lowest BCUT2D eigenvalue weighted by molar-refractivity contribution is -0.122. The topological polar surface area (TPSA) is 46.9 Å². The van der Waals surface area contributed by atoms with Gasteiger partial charge < -0.3 is 5.32 Å². The van der Waals surface area contributed by atoms with Crippen LogP contribution in [0, 0.1) is 0 Å². The van der Waals surface area contributed by atoms with Gasteiger partial charge in [0.05, 0.1) is 11.6 Å². The second-order valence-corrected chi connectivity index (χ2v) is 6.59. The van der Waals surface area contributed by atoms with Crippen LogP contribution in [0.4, 0.5) is 0 Å². The first-order chi connectivity index (χ1) is 13.2. The number of para-hydroxylation sites is 1. The van der Waals surface area contributed by atoms with Crippen LogP contribution < -0.4 is 5.32 Å². The Kier molecular flexibility index (Phi) is 4.71. The summed E-state index contributed by atoms with van der Waals surface area (Å²) in [6, 6.07) is 28.0. The van der Waals surface area contributed by atoms with Gasteiger partial charge >= 0.3 is 0 Å². The standard InChI is InChI=1S/C23H21N3O/c1-17(18-10-4-2-5-11-18)24-22(27)16-26-21-15-9-8-14-20(21)23(25-26)19-12-6-3-7-13-19/h2-15,17H,16H2,1H3,(H,24,27). The molecule has 0 saturated heterocycles. The molecule has 0 aliphatic carbocycles. The summed E-state index contributed by atoms with van der Waals surface area (Å²) in [5, 5.41) is 8.84. The van der Waals surface area contributed by atoms with Crippen molar-refractivity contribution in [1.29, 1.82) is 0 Å². The average Bonchev–Trinajstić information content (AvgIpc) is 3.08. The highest BCUT2D eigenvalue weighted by Gasteiger charge is 2.15. The third-order valence-corrected chi connectivity index (χ3v) is 4.68. The molecule has 0 aliphatic rings. The second kappa shape index (κ2) is 7.46. The monoisotopic (exact) mass is 355 g/mol. The molecule has 4 nitrogen and oxygen atoms in total. The molecule has 0 saturated carbocycles. The molecule has 1 unspecified atom stereocenters. The smallest absolute Gasteiger partial charge is 0.242 e. The van der Waals surface area contributed by atoms with Gasteiger partial charge in [-0.25, -0.2) is 0 Å². The number of carbonyl (C=O) groups excluding carboxylic acids is 1. The maximum absolute atomic E-state index is 12.6. The zero-order valence-corrected chi connectivity index (χ0v) is 15.2. The fraction of sp³-hybridized carbons (Fsp3) is 0.130. The van der Waals surface area contributed by atoms with Crippen LogP contribution in [-0.4, -0.2) is 15.7 Å². The highest BCUT2D eigenvalue weighted by Crippen LogP contribution is 2.27. The van der Waals surface area contributed by atoms with E-state index in [0.717, 1.165) is 27.7 Å². The van der Waals surface area contributed by atoms with Gasteiger partial charge in [-0.1, -0.05) is 78.9 Å². The number of rotatable bonds is 5. The van der Waals surface area contributed by atoms with E-state index >= 15 is 0 Å². The van der Waals surface area contributed by atoms with Crippen molar-refractivity contribution in [2.45, 2.75) is 19.5 Å². The van der Waals surface area contributed by atoms with Gasteiger partial charge in [0.2, 0.25) is 5.91 Å². The van der Waals surface area contributed by atoms with Crippen molar-refractivity contribution in [3.05, 3.63) is 90.5 Å². The summed E-state index contributed by atoms with van der Waals surface area (Å²) in [6.45, 7) is 2.17. The number of hydrogen-bond acceptors (Lipinski definition) is 2. The Morgan fingerprint density at radius 2 is 1.56 bits per heavy atom. The molecular formula is C23H21N3O. The molecular weight excluding hydrogens is 334 g/mol. The summed E-state index contributed by atoms with van der Waals surface area (Å²) in [5.41, 5.74) is 3.99. The Morgan fingerprint density at radius 3 is 2.30 bits per heavy atom. The Bertz CT molecular complexity index is 1050. The molecule has 3 aromatic carbocycles. The van der Waals surface area contributed by atoms with Crippen LogP contribution >= 0.6 is 0 Å². The molecule has 0 aliphatic heterocycles. The molecule has 1 atom stereocenters. The zero-order valence-electron chi connectivity index (χ0n) is 15.2. The van der Waals surface area contributed by atoms with E-state index in [9.17, 15) is 4.79 Å². The number of fused-ring (bicyclic) bond motifs is 1. The fourth-order valence-electron chi connectivity index (χ4n) is 3.31. The number of carbonyl (C=O) groups is 1. The van der Waals surface area contributed by atoms with Crippen molar-refractivity contribution in [3.63, 3.8) is 0 Å².